The number of hydrogen-bond donors (Lipinski definition) is 2. The molecule has 4 nitrogen and oxygen atoms in total. The summed E-state index contributed by atoms with van der Waals surface area (Å²) in [5.74, 6) is -0.0849. The summed E-state index contributed by atoms with van der Waals surface area (Å²) < 4.78 is 0. The monoisotopic (exact) mass is 245 g/mol. The Morgan fingerprint density at radius 2 is 1.83 bits per heavy atom. The van der Waals surface area contributed by atoms with Gasteiger partial charge in [-0.05, 0) is 43.7 Å². The van der Waals surface area contributed by atoms with E-state index in [1.807, 2.05) is 6.07 Å². The first kappa shape index (κ1) is 14.2. The minimum absolute atomic E-state index is 0.0849. The van der Waals surface area contributed by atoms with Crippen molar-refractivity contribution in [3.63, 3.8) is 0 Å². The van der Waals surface area contributed by atoms with E-state index in [-0.39, 0.29) is 5.91 Å². The smallest absolute Gasteiger partial charge is 0.251 e. The Kier molecular flexibility index (Phi) is 6.52. The molecule has 4 heteroatoms. The number of benzene rings is 1. The second-order valence-electron chi connectivity index (χ2n) is 4.15. The van der Waals surface area contributed by atoms with Gasteiger partial charge in [-0.2, -0.15) is 5.26 Å². The van der Waals surface area contributed by atoms with E-state index in [1.165, 1.54) is 0 Å². The zero-order chi connectivity index (χ0) is 13.2. The van der Waals surface area contributed by atoms with Gasteiger partial charge in [0.25, 0.3) is 5.91 Å². The van der Waals surface area contributed by atoms with Gasteiger partial charge in [0.1, 0.15) is 0 Å². The number of nitrogens with one attached hydrogen (secondary N) is 1. The van der Waals surface area contributed by atoms with Crippen LogP contribution in [0.3, 0.4) is 0 Å². The van der Waals surface area contributed by atoms with Crippen LogP contribution in [0.4, 0.5) is 0 Å². The Hall–Kier alpha value is -1.86. The van der Waals surface area contributed by atoms with Crippen molar-refractivity contribution >= 4 is 5.91 Å². The molecular weight excluding hydrogens is 226 g/mol. The van der Waals surface area contributed by atoms with E-state index >= 15 is 0 Å². The van der Waals surface area contributed by atoms with Gasteiger partial charge < -0.3 is 11.1 Å². The van der Waals surface area contributed by atoms with Crippen LogP contribution in [0.25, 0.3) is 0 Å². The van der Waals surface area contributed by atoms with Gasteiger partial charge in [0.2, 0.25) is 0 Å². The molecule has 0 aromatic heterocycles. The maximum atomic E-state index is 11.7. The highest BCUT2D eigenvalue weighted by molar-refractivity contribution is 5.94. The van der Waals surface area contributed by atoms with Crippen molar-refractivity contribution in [2.24, 2.45) is 5.73 Å². The molecule has 1 aromatic rings. The number of nitrogens with zero attached hydrogens (tertiary/aromatic N) is 1. The second kappa shape index (κ2) is 8.26. The molecule has 0 saturated heterocycles. The number of nitrogens with two attached hydrogens (primary N) is 1. The summed E-state index contributed by atoms with van der Waals surface area (Å²) in [6, 6.07) is 8.66. The standard InChI is InChI=1S/C14H19N3O/c15-9-3-1-2-4-10-17-14(18)13-7-5-12(11-16)6-8-13/h5-8H,1-4,9-10,15H2,(H,17,18). The summed E-state index contributed by atoms with van der Waals surface area (Å²) in [6.45, 7) is 1.42. The zero-order valence-electron chi connectivity index (χ0n) is 10.5. The summed E-state index contributed by atoms with van der Waals surface area (Å²) in [4.78, 5) is 11.7. The highest BCUT2D eigenvalue weighted by Crippen LogP contribution is 2.03. The molecule has 96 valence electrons. The van der Waals surface area contributed by atoms with Crippen molar-refractivity contribution in [2.75, 3.05) is 13.1 Å². The number of carbonyl (C=O) groups excluding carboxylic acids is 1. The summed E-state index contributed by atoms with van der Waals surface area (Å²) >= 11 is 0. The first-order chi connectivity index (χ1) is 8.77. The summed E-state index contributed by atoms with van der Waals surface area (Å²) in [5, 5.41) is 11.5. The maximum Gasteiger partial charge on any atom is 0.251 e. The van der Waals surface area contributed by atoms with E-state index in [1.54, 1.807) is 24.3 Å². The average molecular weight is 245 g/mol. The molecule has 1 amide bonds. The molecule has 0 atom stereocenters. The van der Waals surface area contributed by atoms with Gasteiger partial charge in [-0.25, -0.2) is 0 Å². The molecule has 1 aromatic carbocycles. The van der Waals surface area contributed by atoms with Crippen molar-refractivity contribution in [1.29, 1.82) is 5.26 Å². The first-order valence-electron chi connectivity index (χ1n) is 6.26. The number of amides is 1. The topological polar surface area (TPSA) is 78.9 Å². The van der Waals surface area contributed by atoms with Gasteiger partial charge >= 0.3 is 0 Å². The fourth-order valence-corrected chi connectivity index (χ4v) is 1.62. The zero-order valence-corrected chi connectivity index (χ0v) is 10.5. The molecule has 18 heavy (non-hydrogen) atoms. The third-order valence-electron chi connectivity index (χ3n) is 2.69. The van der Waals surface area contributed by atoms with Crippen LogP contribution in [0.15, 0.2) is 24.3 Å². The molecule has 0 aliphatic heterocycles. The largest absolute Gasteiger partial charge is 0.352 e. The molecule has 3 N–H and O–H groups in total. The maximum absolute atomic E-state index is 11.7. The van der Waals surface area contributed by atoms with E-state index in [0.717, 1.165) is 32.2 Å². The Bertz CT molecular complexity index is 406. The van der Waals surface area contributed by atoms with E-state index in [9.17, 15) is 4.79 Å². The normalized spacial score (nSPS) is 9.78. The van der Waals surface area contributed by atoms with Gasteiger partial charge in [-0.3, -0.25) is 4.79 Å². The Labute approximate surface area is 108 Å². The molecule has 0 aliphatic rings. The molecule has 0 fully saturated rings. The fraction of sp³-hybridized carbons (Fsp3) is 0.429. The van der Waals surface area contributed by atoms with Crippen LogP contribution in [0, 0.1) is 11.3 Å². The lowest BCUT2D eigenvalue weighted by Crippen LogP contribution is -2.24. The van der Waals surface area contributed by atoms with E-state index in [2.05, 4.69) is 5.32 Å². The van der Waals surface area contributed by atoms with Crippen molar-refractivity contribution in [1.82, 2.24) is 5.32 Å². The van der Waals surface area contributed by atoms with Crippen LogP contribution in [0.1, 0.15) is 41.6 Å². The van der Waals surface area contributed by atoms with Crippen molar-refractivity contribution in [3.05, 3.63) is 35.4 Å². The minimum Gasteiger partial charge on any atom is -0.352 e. The van der Waals surface area contributed by atoms with Crippen LogP contribution in [0.5, 0.6) is 0 Å². The number of rotatable bonds is 7. The number of unbranched alkanes of at least 4 members (excludes halogenated alkanes) is 3. The van der Waals surface area contributed by atoms with Crippen LogP contribution in [0.2, 0.25) is 0 Å². The number of carbonyl (C=O) groups is 1. The molecule has 0 spiro atoms. The number of nitriles is 1. The van der Waals surface area contributed by atoms with E-state index < -0.39 is 0 Å². The van der Waals surface area contributed by atoms with Crippen LogP contribution < -0.4 is 11.1 Å². The number of hydrogen-bond acceptors (Lipinski definition) is 3. The lowest BCUT2D eigenvalue weighted by molar-refractivity contribution is 0.0953. The van der Waals surface area contributed by atoms with E-state index in [4.69, 9.17) is 11.0 Å². The third kappa shape index (κ3) is 4.98. The summed E-state index contributed by atoms with van der Waals surface area (Å²) in [7, 11) is 0. The van der Waals surface area contributed by atoms with Gasteiger partial charge in [-0.1, -0.05) is 12.8 Å². The van der Waals surface area contributed by atoms with Gasteiger partial charge in [0.05, 0.1) is 11.6 Å². The minimum atomic E-state index is -0.0849. The third-order valence-corrected chi connectivity index (χ3v) is 2.69. The highest BCUT2D eigenvalue weighted by atomic mass is 16.1. The average Bonchev–Trinajstić information content (AvgIpc) is 2.42. The predicted molar refractivity (Wildman–Crippen MR) is 71.0 cm³/mol. The quantitative estimate of drug-likeness (QED) is 0.719. The lowest BCUT2D eigenvalue weighted by atomic mass is 10.1. The summed E-state index contributed by atoms with van der Waals surface area (Å²) in [5.41, 5.74) is 6.56. The van der Waals surface area contributed by atoms with E-state index in [0.29, 0.717) is 17.7 Å². The molecule has 1 rings (SSSR count). The molecule has 0 radical (unpaired) electrons. The summed E-state index contributed by atoms with van der Waals surface area (Å²) in [6.07, 6.45) is 4.22. The van der Waals surface area contributed by atoms with Crippen LogP contribution in [-0.4, -0.2) is 19.0 Å². The van der Waals surface area contributed by atoms with Gasteiger partial charge in [-0.15, -0.1) is 0 Å². The predicted octanol–water partition coefficient (Wildman–Crippen LogP) is 1.81. The Morgan fingerprint density at radius 1 is 1.17 bits per heavy atom. The first-order valence-corrected chi connectivity index (χ1v) is 6.26. The fourth-order valence-electron chi connectivity index (χ4n) is 1.62. The molecule has 0 aliphatic carbocycles. The van der Waals surface area contributed by atoms with Crippen molar-refractivity contribution < 1.29 is 4.79 Å². The molecule has 0 heterocycles. The Balaban J connectivity index is 2.26. The molecule has 0 bridgehead atoms. The highest BCUT2D eigenvalue weighted by Gasteiger charge is 2.03. The second-order valence-corrected chi connectivity index (χ2v) is 4.15. The Morgan fingerprint density at radius 3 is 2.44 bits per heavy atom. The van der Waals surface area contributed by atoms with Gasteiger partial charge in [0, 0.05) is 12.1 Å². The van der Waals surface area contributed by atoms with Gasteiger partial charge in [0.15, 0.2) is 0 Å². The molecule has 0 saturated carbocycles. The molecular formula is C14H19N3O. The SMILES string of the molecule is N#Cc1ccc(C(=O)NCCCCCCN)cc1. The lowest BCUT2D eigenvalue weighted by Gasteiger charge is -2.05. The van der Waals surface area contributed by atoms with Crippen LogP contribution in [-0.2, 0) is 0 Å². The van der Waals surface area contributed by atoms with Crippen LogP contribution >= 0.6 is 0 Å². The van der Waals surface area contributed by atoms with Crippen molar-refractivity contribution in [2.45, 2.75) is 25.7 Å². The van der Waals surface area contributed by atoms with Crippen molar-refractivity contribution in [3.8, 4) is 6.07 Å². The molecule has 0 unspecified atom stereocenters.